The van der Waals surface area contributed by atoms with Crippen molar-refractivity contribution in [3.05, 3.63) is 68.7 Å². The van der Waals surface area contributed by atoms with Crippen LogP contribution in [0.15, 0.2) is 42.5 Å². The lowest BCUT2D eigenvalue weighted by Crippen LogP contribution is -2.18. The molecule has 0 aliphatic heterocycles. The molecule has 1 nitrogen and oxygen atoms in total. The van der Waals surface area contributed by atoms with Crippen molar-refractivity contribution >= 4 is 34.8 Å². The lowest BCUT2D eigenvalue weighted by molar-refractivity contribution is 0.575. The Kier molecular flexibility index (Phi) is 5.12. The topological polar surface area (TPSA) is 12.0 Å². The van der Waals surface area contributed by atoms with Gasteiger partial charge in [0.2, 0.25) is 0 Å². The molecule has 100 valence electrons. The zero-order valence-corrected chi connectivity index (χ0v) is 12.7. The normalized spacial score (nSPS) is 12.4. The summed E-state index contributed by atoms with van der Waals surface area (Å²) in [5, 5.41) is 5.06. The number of halogens is 3. The maximum Gasteiger partial charge on any atom is 0.0652 e. The minimum absolute atomic E-state index is 0.215. The number of hydrogen-bond acceptors (Lipinski definition) is 1. The molecule has 0 aliphatic carbocycles. The van der Waals surface area contributed by atoms with Crippen LogP contribution in [0.3, 0.4) is 0 Å². The van der Waals surface area contributed by atoms with Gasteiger partial charge in [-0.15, -0.1) is 0 Å². The van der Waals surface area contributed by atoms with Crippen LogP contribution < -0.4 is 5.32 Å². The van der Waals surface area contributed by atoms with Crippen molar-refractivity contribution in [3.8, 4) is 0 Å². The van der Waals surface area contributed by atoms with Gasteiger partial charge in [0, 0.05) is 23.2 Å². The van der Waals surface area contributed by atoms with Gasteiger partial charge in [0.05, 0.1) is 10.0 Å². The Morgan fingerprint density at radius 2 is 1.58 bits per heavy atom. The monoisotopic (exact) mass is 313 g/mol. The number of rotatable bonds is 4. The van der Waals surface area contributed by atoms with E-state index in [1.807, 2.05) is 18.2 Å². The molecule has 2 aromatic rings. The van der Waals surface area contributed by atoms with Crippen LogP contribution in [0.5, 0.6) is 0 Å². The molecule has 0 bridgehead atoms. The smallest absolute Gasteiger partial charge is 0.0652 e. The Hall–Kier alpha value is -0.730. The van der Waals surface area contributed by atoms with Gasteiger partial charge < -0.3 is 5.32 Å². The van der Waals surface area contributed by atoms with Crippen molar-refractivity contribution < 1.29 is 0 Å². The number of benzene rings is 2. The van der Waals surface area contributed by atoms with Gasteiger partial charge in [-0.3, -0.25) is 0 Å². The summed E-state index contributed by atoms with van der Waals surface area (Å²) < 4.78 is 0. The van der Waals surface area contributed by atoms with E-state index in [9.17, 15) is 0 Å². The average molecular weight is 315 g/mol. The molecule has 0 saturated heterocycles. The van der Waals surface area contributed by atoms with E-state index in [-0.39, 0.29) is 6.04 Å². The fourth-order valence-electron chi connectivity index (χ4n) is 1.85. The molecule has 0 aliphatic rings. The summed E-state index contributed by atoms with van der Waals surface area (Å²) in [6.45, 7) is 2.68. The predicted molar refractivity (Wildman–Crippen MR) is 83.2 cm³/mol. The summed E-state index contributed by atoms with van der Waals surface area (Å²) in [6.07, 6.45) is 0. The first-order chi connectivity index (χ1) is 9.09. The zero-order chi connectivity index (χ0) is 13.8. The molecule has 2 rings (SSSR count). The molecule has 0 amide bonds. The van der Waals surface area contributed by atoms with E-state index in [0.717, 1.165) is 5.56 Å². The van der Waals surface area contributed by atoms with E-state index in [0.29, 0.717) is 21.6 Å². The molecule has 0 radical (unpaired) electrons. The van der Waals surface area contributed by atoms with Gasteiger partial charge in [-0.2, -0.15) is 0 Å². The summed E-state index contributed by atoms with van der Waals surface area (Å²) >= 11 is 18.3. The Labute approximate surface area is 128 Å². The molecule has 1 N–H and O–H groups in total. The minimum Gasteiger partial charge on any atom is -0.306 e. The second kappa shape index (κ2) is 6.62. The summed E-state index contributed by atoms with van der Waals surface area (Å²) in [4.78, 5) is 0. The molecule has 0 aromatic heterocycles. The second-order valence-electron chi connectivity index (χ2n) is 4.34. The molecule has 2 aromatic carbocycles. The highest BCUT2D eigenvalue weighted by molar-refractivity contribution is 6.44. The molecule has 19 heavy (non-hydrogen) atoms. The van der Waals surface area contributed by atoms with Gasteiger partial charge >= 0.3 is 0 Å². The number of nitrogens with one attached hydrogen (secondary N) is 1. The van der Waals surface area contributed by atoms with Gasteiger partial charge in [-0.25, -0.2) is 0 Å². The highest BCUT2D eigenvalue weighted by Crippen LogP contribution is 2.31. The quantitative estimate of drug-likeness (QED) is 0.735. The van der Waals surface area contributed by atoms with Crippen molar-refractivity contribution in [2.45, 2.75) is 19.5 Å². The van der Waals surface area contributed by atoms with Crippen LogP contribution in [0.25, 0.3) is 0 Å². The summed E-state index contributed by atoms with van der Waals surface area (Å²) in [6, 6.07) is 13.9. The molecule has 0 heterocycles. The van der Waals surface area contributed by atoms with Gasteiger partial charge in [0.25, 0.3) is 0 Å². The molecule has 1 atom stereocenters. The third kappa shape index (κ3) is 3.64. The van der Waals surface area contributed by atoms with Crippen LogP contribution in [0, 0.1) is 0 Å². The average Bonchev–Trinajstić information content (AvgIpc) is 2.44. The third-order valence-electron chi connectivity index (χ3n) is 3.02. The maximum absolute atomic E-state index is 6.17. The third-order valence-corrected chi connectivity index (χ3v) is 4.22. The van der Waals surface area contributed by atoms with Crippen molar-refractivity contribution in [2.75, 3.05) is 0 Å². The Balaban J connectivity index is 2.09. The van der Waals surface area contributed by atoms with Crippen LogP contribution in [0.1, 0.15) is 24.1 Å². The van der Waals surface area contributed by atoms with E-state index in [1.54, 1.807) is 12.1 Å². The maximum atomic E-state index is 6.17. The summed E-state index contributed by atoms with van der Waals surface area (Å²) in [5.41, 5.74) is 2.05. The molecule has 0 saturated carbocycles. The van der Waals surface area contributed by atoms with Gasteiger partial charge in [0.1, 0.15) is 0 Å². The molecule has 0 unspecified atom stereocenters. The first kappa shape index (κ1) is 14.7. The zero-order valence-electron chi connectivity index (χ0n) is 10.5. The molecule has 4 heteroatoms. The molecular formula is C15H14Cl3N. The fraction of sp³-hybridized carbons (Fsp3) is 0.200. The van der Waals surface area contributed by atoms with Gasteiger partial charge in [-0.05, 0) is 24.6 Å². The van der Waals surface area contributed by atoms with E-state index >= 15 is 0 Å². The van der Waals surface area contributed by atoms with Crippen LogP contribution in [-0.4, -0.2) is 0 Å². The van der Waals surface area contributed by atoms with E-state index < -0.39 is 0 Å². The van der Waals surface area contributed by atoms with Crippen molar-refractivity contribution in [1.29, 1.82) is 0 Å². The van der Waals surface area contributed by atoms with Crippen LogP contribution in [-0.2, 0) is 6.54 Å². The van der Waals surface area contributed by atoms with Crippen molar-refractivity contribution in [2.24, 2.45) is 0 Å². The lowest BCUT2D eigenvalue weighted by atomic mass is 10.1. The van der Waals surface area contributed by atoms with E-state index in [1.165, 1.54) is 5.56 Å². The fourth-order valence-corrected chi connectivity index (χ4v) is 2.53. The Bertz CT molecular complexity index is 555. The van der Waals surface area contributed by atoms with Crippen molar-refractivity contribution in [3.63, 3.8) is 0 Å². The van der Waals surface area contributed by atoms with E-state index in [2.05, 4.69) is 24.4 Å². The van der Waals surface area contributed by atoms with E-state index in [4.69, 9.17) is 34.8 Å². The standard InChI is InChI=1S/C15H14Cl3N/c1-10(11-5-3-2-4-6-11)19-9-12-13(16)7-8-14(17)15(12)18/h2-8,10,19H,9H2,1H3/t10-/m1/s1. The van der Waals surface area contributed by atoms with Crippen molar-refractivity contribution in [1.82, 2.24) is 5.32 Å². The largest absolute Gasteiger partial charge is 0.306 e. The molecule has 0 spiro atoms. The van der Waals surface area contributed by atoms with Crippen LogP contribution in [0.4, 0.5) is 0 Å². The lowest BCUT2D eigenvalue weighted by Gasteiger charge is -2.16. The first-order valence-electron chi connectivity index (χ1n) is 6.00. The minimum atomic E-state index is 0.215. The Morgan fingerprint density at radius 3 is 2.26 bits per heavy atom. The first-order valence-corrected chi connectivity index (χ1v) is 7.13. The van der Waals surface area contributed by atoms with Crippen LogP contribution >= 0.6 is 34.8 Å². The summed E-state index contributed by atoms with van der Waals surface area (Å²) in [5.74, 6) is 0. The van der Waals surface area contributed by atoms with Gasteiger partial charge in [0.15, 0.2) is 0 Å². The Morgan fingerprint density at radius 1 is 0.947 bits per heavy atom. The highest BCUT2D eigenvalue weighted by Gasteiger charge is 2.11. The summed E-state index contributed by atoms with van der Waals surface area (Å²) in [7, 11) is 0. The molecular weight excluding hydrogens is 301 g/mol. The predicted octanol–water partition coefficient (Wildman–Crippen LogP) is 5.50. The highest BCUT2D eigenvalue weighted by atomic mass is 35.5. The van der Waals surface area contributed by atoms with Crippen LogP contribution in [0.2, 0.25) is 15.1 Å². The SMILES string of the molecule is C[C@@H](NCc1c(Cl)ccc(Cl)c1Cl)c1ccccc1. The van der Waals surface area contributed by atoms with Gasteiger partial charge in [-0.1, -0.05) is 65.1 Å². The molecule has 0 fully saturated rings. The number of hydrogen-bond donors (Lipinski definition) is 1. The second-order valence-corrected chi connectivity index (χ2v) is 5.53.